The van der Waals surface area contributed by atoms with Crippen LogP contribution in [0.25, 0.3) is 0 Å². The van der Waals surface area contributed by atoms with Crippen LogP contribution in [0.1, 0.15) is 60.8 Å². The fourth-order valence-corrected chi connectivity index (χ4v) is 4.86. The Morgan fingerprint density at radius 2 is 1.74 bits per heavy atom. The molecule has 0 fully saturated rings. The number of benzene rings is 2. The van der Waals surface area contributed by atoms with Gasteiger partial charge in [0.2, 0.25) is 0 Å². The van der Waals surface area contributed by atoms with Crippen molar-refractivity contribution in [1.82, 2.24) is 5.32 Å². The molecule has 3 N–H and O–H groups in total. The average molecular weight is 526 g/mol. The van der Waals surface area contributed by atoms with Gasteiger partial charge >= 0.3 is 0 Å². The van der Waals surface area contributed by atoms with E-state index >= 15 is 0 Å². The molecule has 0 aromatic heterocycles. The van der Waals surface area contributed by atoms with E-state index in [0.717, 1.165) is 10.0 Å². The summed E-state index contributed by atoms with van der Waals surface area (Å²) in [6.07, 6.45) is 1.21. The van der Waals surface area contributed by atoms with E-state index in [9.17, 15) is 24.6 Å². The van der Waals surface area contributed by atoms with Gasteiger partial charge in [0.05, 0.1) is 11.1 Å². The molecule has 4 rings (SSSR count). The lowest BCUT2D eigenvalue weighted by Gasteiger charge is -2.29. The van der Waals surface area contributed by atoms with Crippen LogP contribution >= 0.6 is 15.9 Å². The van der Waals surface area contributed by atoms with Crippen LogP contribution < -0.4 is 10.1 Å². The second-order valence-corrected chi connectivity index (χ2v) is 9.72. The third-order valence-corrected chi connectivity index (χ3v) is 7.09. The molecule has 2 aromatic rings. The zero-order valence-electron chi connectivity index (χ0n) is 19.4. The van der Waals surface area contributed by atoms with E-state index in [-0.39, 0.29) is 45.6 Å². The van der Waals surface area contributed by atoms with Gasteiger partial charge < -0.3 is 20.3 Å². The highest BCUT2D eigenvalue weighted by Crippen LogP contribution is 2.57. The Hall–Kier alpha value is -3.39. The van der Waals surface area contributed by atoms with Crippen molar-refractivity contribution in [3.05, 3.63) is 74.1 Å². The van der Waals surface area contributed by atoms with Gasteiger partial charge in [0.1, 0.15) is 34.0 Å². The van der Waals surface area contributed by atoms with Crippen LogP contribution in [0.2, 0.25) is 0 Å². The van der Waals surface area contributed by atoms with E-state index < -0.39 is 28.5 Å². The summed E-state index contributed by atoms with van der Waals surface area (Å²) < 4.78 is 6.72. The molecule has 2 aliphatic rings. The Morgan fingerprint density at radius 3 is 2.32 bits per heavy atom. The Balaban J connectivity index is 1.84. The van der Waals surface area contributed by atoms with E-state index in [1.54, 1.807) is 13.8 Å². The predicted octanol–water partition coefficient (Wildman–Crippen LogP) is 4.68. The second-order valence-electron chi connectivity index (χ2n) is 8.80. The lowest BCUT2D eigenvalue weighted by atomic mass is 9.70. The topological polar surface area (TPSA) is 113 Å². The predicted molar refractivity (Wildman–Crippen MR) is 129 cm³/mol. The van der Waals surface area contributed by atoms with E-state index in [0.29, 0.717) is 5.70 Å². The summed E-state index contributed by atoms with van der Waals surface area (Å²) in [5.74, 6) is -2.44. The second kappa shape index (κ2) is 8.13. The highest BCUT2D eigenvalue weighted by atomic mass is 79.9. The fraction of sp³-hybridized carbons (Fsp3) is 0.269. The SMILES string of the molecule is CC(=O)c1c(O)c(C)c(O)c2c1OC1=CC(=O)/C(=C(/C)NC(C)c3ccc(Br)cc3)C(=O)[C@]12C. The largest absolute Gasteiger partial charge is 0.507 e. The van der Waals surface area contributed by atoms with Crippen LogP contribution in [0, 0.1) is 6.92 Å². The number of aromatic hydroxyl groups is 2. The number of ether oxygens (including phenoxy) is 1. The molecule has 1 aliphatic heterocycles. The van der Waals surface area contributed by atoms with Crippen molar-refractivity contribution in [3.8, 4) is 17.2 Å². The summed E-state index contributed by atoms with van der Waals surface area (Å²) in [7, 11) is 0. The van der Waals surface area contributed by atoms with Gasteiger partial charge in [-0.15, -0.1) is 0 Å². The third kappa shape index (κ3) is 3.36. The van der Waals surface area contributed by atoms with E-state index in [1.165, 1.54) is 19.9 Å². The summed E-state index contributed by atoms with van der Waals surface area (Å²) >= 11 is 3.40. The molecule has 0 spiro atoms. The van der Waals surface area contributed by atoms with Crippen LogP contribution in [0.5, 0.6) is 17.2 Å². The number of rotatable bonds is 4. The van der Waals surface area contributed by atoms with E-state index in [1.807, 2.05) is 31.2 Å². The van der Waals surface area contributed by atoms with Gasteiger partial charge in [-0.2, -0.15) is 0 Å². The molecular formula is C26H24BrNO6. The number of hydrogen-bond acceptors (Lipinski definition) is 7. The average Bonchev–Trinajstić information content (AvgIpc) is 3.05. The summed E-state index contributed by atoms with van der Waals surface area (Å²) in [4.78, 5) is 39.1. The van der Waals surface area contributed by atoms with Crippen molar-refractivity contribution in [1.29, 1.82) is 0 Å². The molecule has 2 aromatic carbocycles. The molecule has 34 heavy (non-hydrogen) atoms. The van der Waals surface area contributed by atoms with Crippen LogP contribution in [0.4, 0.5) is 0 Å². The maximum atomic E-state index is 13.8. The fourth-order valence-electron chi connectivity index (χ4n) is 4.59. The monoisotopic (exact) mass is 525 g/mol. The quantitative estimate of drug-likeness (QED) is 0.301. The molecule has 8 heteroatoms. The van der Waals surface area contributed by atoms with Crippen LogP contribution in [-0.2, 0) is 15.0 Å². The summed E-state index contributed by atoms with van der Waals surface area (Å²) in [6, 6.07) is 7.48. The van der Waals surface area contributed by atoms with Crippen molar-refractivity contribution in [3.63, 3.8) is 0 Å². The number of fused-ring (bicyclic) bond motifs is 3. The van der Waals surface area contributed by atoms with Gasteiger partial charge in [-0.25, -0.2) is 0 Å². The zero-order chi connectivity index (χ0) is 25.1. The van der Waals surface area contributed by atoms with Crippen molar-refractivity contribution in [2.24, 2.45) is 0 Å². The number of Topliss-reactive ketones (excluding diaryl/α,β-unsaturated/α-hetero) is 2. The first-order valence-electron chi connectivity index (χ1n) is 10.7. The van der Waals surface area contributed by atoms with Crippen LogP contribution in [0.15, 0.2) is 51.8 Å². The Bertz CT molecular complexity index is 1340. The number of hydrogen-bond donors (Lipinski definition) is 3. The summed E-state index contributed by atoms with van der Waals surface area (Å²) in [5, 5.41) is 24.6. The van der Waals surface area contributed by atoms with Crippen LogP contribution in [0.3, 0.4) is 0 Å². The van der Waals surface area contributed by atoms with E-state index in [4.69, 9.17) is 4.74 Å². The summed E-state index contributed by atoms with van der Waals surface area (Å²) in [6.45, 7) is 7.82. The highest BCUT2D eigenvalue weighted by Gasteiger charge is 2.56. The number of nitrogens with one attached hydrogen (secondary N) is 1. The Labute approximate surface area is 205 Å². The molecule has 1 aliphatic carbocycles. The number of phenolic OH excluding ortho intramolecular Hbond substituents is 2. The molecule has 0 bridgehead atoms. The maximum Gasteiger partial charge on any atom is 0.194 e. The molecule has 0 saturated heterocycles. The van der Waals surface area contributed by atoms with Crippen molar-refractivity contribution < 1.29 is 29.3 Å². The van der Waals surface area contributed by atoms with Gasteiger partial charge in [-0.05, 0) is 52.3 Å². The van der Waals surface area contributed by atoms with Crippen molar-refractivity contribution in [2.75, 3.05) is 0 Å². The lowest BCUT2D eigenvalue weighted by molar-refractivity contribution is -0.123. The molecule has 1 unspecified atom stereocenters. The molecular weight excluding hydrogens is 502 g/mol. The lowest BCUT2D eigenvalue weighted by Crippen LogP contribution is -2.41. The van der Waals surface area contributed by atoms with Gasteiger partial charge in [-0.3, -0.25) is 14.4 Å². The number of halogens is 1. The number of ketones is 3. The molecule has 0 amide bonds. The minimum atomic E-state index is -1.53. The normalized spacial score (nSPS) is 21.3. The molecule has 7 nitrogen and oxygen atoms in total. The summed E-state index contributed by atoms with van der Waals surface area (Å²) in [5.41, 5.74) is -0.239. The third-order valence-electron chi connectivity index (χ3n) is 6.56. The van der Waals surface area contributed by atoms with E-state index in [2.05, 4.69) is 21.2 Å². The van der Waals surface area contributed by atoms with Crippen LogP contribution in [-0.4, -0.2) is 27.6 Å². The zero-order valence-corrected chi connectivity index (χ0v) is 21.0. The smallest absolute Gasteiger partial charge is 0.194 e. The van der Waals surface area contributed by atoms with Gasteiger partial charge in [0.25, 0.3) is 0 Å². The molecule has 0 radical (unpaired) electrons. The Morgan fingerprint density at radius 1 is 1.12 bits per heavy atom. The Kier molecular flexibility index (Phi) is 5.68. The minimum absolute atomic E-state index is 0.0119. The first-order valence-corrected chi connectivity index (χ1v) is 11.5. The van der Waals surface area contributed by atoms with Crippen molar-refractivity contribution >= 4 is 33.3 Å². The maximum absolute atomic E-state index is 13.8. The molecule has 0 saturated carbocycles. The highest BCUT2D eigenvalue weighted by molar-refractivity contribution is 9.10. The van der Waals surface area contributed by atoms with Gasteiger partial charge in [0, 0.05) is 27.9 Å². The minimum Gasteiger partial charge on any atom is -0.507 e. The first kappa shape index (κ1) is 23.8. The van der Waals surface area contributed by atoms with Gasteiger partial charge in [0.15, 0.2) is 17.3 Å². The molecule has 2 atom stereocenters. The number of carbonyl (C=O) groups is 3. The number of carbonyl (C=O) groups excluding carboxylic acids is 3. The molecule has 176 valence electrons. The first-order chi connectivity index (χ1) is 15.9. The van der Waals surface area contributed by atoms with Crippen molar-refractivity contribution in [2.45, 2.75) is 46.1 Å². The molecule has 1 heterocycles. The number of phenols is 2. The standard InChI is InChI=1S/C26H24BrNO6/c1-11-22(31)20(14(4)29)24-21(23(11)32)26(5)18(34-24)10-17(30)19(25(26)33)13(3)28-12(2)15-6-8-16(27)9-7-15/h6-10,12,28,31-32H,1-5H3/b19-13+/t12?,26-/m1/s1. The number of allylic oxidation sites excluding steroid dienone is 4. The van der Waals surface area contributed by atoms with Gasteiger partial charge in [-0.1, -0.05) is 28.1 Å².